The number of methoxy groups -OCH3 is 1. The van der Waals surface area contributed by atoms with Crippen molar-refractivity contribution in [1.29, 1.82) is 0 Å². The molecule has 0 bridgehead atoms. The minimum Gasteiger partial charge on any atom is -0.493 e. The SMILES string of the molecule is COc1cc2ncnc(Nc3ccc(F)c(Cl)c3)c2cc1OC1CCN(CCN2CCCC2=O)CC1. The molecule has 8 nitrogen and oxygen atoms in total. The van der Waals surface area contributed by atoms with Crippen LogP contribution in [0.25, 0.3) is 10.9 Å². The molecule has 1 aromatic heterocycles. The van der Waals surface area contributed by atoms with Gasteiger partial charge in [-0.3, -0.25) is 4.79 Å². The van der Waals surface area contributed by atoms with Gasteiger partial charge in [0.1, 0.15) is 24.1 Å². The number of fused-ring (bicyclic) bond motifs is 1. The van der Waals surface area contributed by atoms with Crippen molar-refractivity contribution in [3.8, 4) is 11.5 Å². The van der Waals surface area contributed by atoms with Crippen molar-refractivity contribution in [2.24, 2.45) is 0 Å². The van der Waals surface area contributed by atoms with E-state index in [1.165, 1.54) is 18.5 Å². The summed E-state index contributed by atoms with van der Waals surface area (Å²) >= 11 is 5.94. The fourth-order valence-corrected chi connectivity index (χ4v) is 4.94. The van der Waals surface area contributed by atoms with Crippen LogP contribution in [0.4, 0.5) is 15.9 Å². The predicted molar refractivity (Wildman–Crippen MR) is 137 cm³/mol. The normalized spacial score (nSPS) is 17.1. The van der Waals surface area contributed by atoms with Gasteiger partial charge in [-0.05, 0) is 43.5 Å². The summed E-state index contributed by atoms with van der Waals surface area (Å²) in [7, 11) is 1.61. The fourth-order valence-electron chi connectivity index (χ4n) is 4.76. The summed E-state index contributed by atoms with van der Waals surface area (Å²) in [6.07, 6.45) is 4.95. The smallest absolute Gasteiger partial charge is 0.222 e. The molecular weight excluding hydrogens is 485 g/mol. The van der Waals surface area contributed by atoms with Crippen molar-refractivity contribution in [3.63, 3.8) is 0 Å². The Bertz CT molecular complexity index is 1250. The summed E-state index contributed by atoms with van der Waals surface area (Å²) in [5.41, 5.74) is 1.30. The molecule has 1 amide bonds. The topological polar surface area (TPSA) is 79.8 Å². The highest BCUT2D eigenvalue weighted by molar-refractivity contribution is 6.31. The molecule has 3 aromatic rings. The summed E-state index contributed by atoms with van der Waals surface area (Å²) in [4.78, 5) is 25.0. The van der Waals surface area contributed by atoms with Crippen LogP contribution >= 0.6 is 11.6 Å². The van der Waals surface area contributed by atoms with E-state index in [2.05, 4.69) is 20.2 Å². The monoisotopic (exact) mass is 513 g/mol. The highest BCUT2D eigenvalue weighted by atomic mass is 35.5. The van der Waals surface area contributed by atoms with Gasteiger partial charge in [0.25, 0.3) is 0 Å². The lowest BCUT2D eigenvalue weighted by molar-refractivity contribution is -0.127. The molecule has 2 aliphatic rings. The van der Waals surface area contributed by atoms with E-state index < -0.39 is 5.82 Å². The average molecular weight is 514 g/mol. The van der Waals surface area contributed by atoms with E-state index in [4.69, 9.17) is 21.1 Å². The van der Waals surface area contributed by atoms with E-state index in [1.54, 1.807) is 13.2 Å². The number of nitrogens with one attached hydrogen (secondary N) is 1. The van der Waals surface area contributed by atoms with E-state index in [9.17, 15) is 9.18 Å². The van der Waals surface area contributed by atoms with Gasteiger partial charge in [-0.2, -0.15) is 0 Å². The lowest BCUT2D eigenvalue weighted by Crippen LogP contribution is -2.42. The largest absolute Gasteiger partial charge is 0.493 e. The van der Waals surface area contributed by atoms with Gasteiger partial charge in [0.15, 0.2) is 11.5 Å². The maximum atomic E-state index is 13.6. The number of aromatic nitrogens is 2. The summed E-state index contributed by atoms with van der Waals surface area (Å²) in [6, 6.07) is 8.13. The molecule has 3 heterocycles. The number of amides is 1. The number of rotatable bonds is 8. The van der Waals surface area contributed by atoms with Gasteiger partial charge in [-0.25, -0.2) is 14.4 Å². The molecule has 10 heteroatoms. The van der Waals surface area contributed by atoms with Crippen molar-refractivity contribution in [2.45, 2.75) is 31.8 Å². The van der Waals surface area contributed by atoms with Crippen LogP contribution in [0, 0.1) is 5.82 Å². The van der Waals surface area contributed by atoms with Crippen molar-refractivity contribution >= 4 is 39.9 Å². The third-order valence-electron chi connectivity index (χ3n) is 6.79. The summed E-state index contributed by atoms with van der Waals surface area (Å²) in [6.45, 7) is 4.43. The van der Waals surface area contributed by atoms with Gasteiger partial charge in [0.2, 0.25) is 5.91 Å². The van der Waals surface area contributed by atoms with Crippen LogP contribution in [0.3, 0.4) is 0 Å². The van der Waals surface area contributed by atoms with Gasteiger partial charge in [0.05, 0.1) is 17.6 Å². The number of nitrogens with zero attached hydrogens (tertiary/aromatic N) is 4. The van der Waals surface area contributed by atoms with Gasteiger partial charge in [0, 0.05) is 56.3 Å². The lowest BCUT2D eigenvalue weighted by atomic mass is 10.1. The van der Waals surface area contributed by atoms with Gasteiger partial charge < -0.3 is 24.6 Å². The molecule has 2 aliphatic heterocycles. The van der Waals surface area contributed by atoms with Crippen molar-refractivity contribution in [3.05, 3.63) is 47.5 Å². The number of carbonyl (C=O) groups is 1. The summed E-state index contributed by atoms with van der Waals surface area (Å²) in [5.74, 6) is 1.58. The molecular formula is C26H29ClFN5O3. The number of anilines is 2. The molecule has 2 saturated heterocycles. The van der Waals surface area contributed by atoms with Crippen LogP contribution in [0.2, 0.25) is 5.02 Å². The standard InChI is InChI=1S/C26H29ClFN5O3/c1-35-23-15-22-19(26(30-16-29-22)31-17-4-5-21(28)20(27)13-17)14-24(23)36-18-6-9-32(10-7-18)11-12-33-8-2-3-25(33)34/h4-5,13-16,18H,2-3,6-12H2,1H3,(H,29,30,31). The van der Waals surface area contributed by atoms with Crippen LogP contribution < -0.4 is 14.8 Å². The summed E-state index contributed by atoms with van der Waals surface area (Å²) < 4.78 is 25.6. The Morgan fingerprint density at radius 2 is 1.94 bits per heavy atom. The highest BCUT2D eigenvalue weighted by Crippen LogP contribution is 2.36. The third kappa shape index (κ3) is 5.47. The Kier molecular flexibility index (Phi) is 7.38. The number of ether oxygens (including phenoxy) is 2. The van der Waals surface area contributed by atoms with E-state index in [0.29, 0.717) is 34.9 Å². The quantitative estimate of drug-likeness (QED) is 0.470. The van der Waals surface area contributed by atoms with Crippen LogP contribution in [-0.4, -0.2) is 71.6 Å². The molecule has 0 aliphatic carbocycles. The maximum absolute atomic E-state index is 13.6. The Labute approximate surface area is 214 Å². The van der Waals surface area contributed by atoms with Crippen molar-refractivity contribution < 1.29 is 18.7 Å². The van der Waals surface area contributed by atoms with E-state index in [1.807, 2.05) is 17.0 Å². The highest BCUT2D eigenvalue weighted by Gasteiger charge is 2.25. The molecule has 1 N–H and O–H groups in total. The number of piperidine rings is 1. The minimum atomic E-state index is -0.481. The molecule has 2 aromatic carbocycles. The first-order valence-corrected chi connectivity index (χ1v) is 12.6. The first kappa shape index (κ1) is 24.5. The van der Waals surface area contributed by atoms with Gasteiger partial charge in [-0.15, -0.1) is 0 Å². The molecule has 0 atom stereocenters. The number of hydrogen-bond acceptors (Lipinski definition) is 7. The second-order valence-corrected chi connectivity index (χ2v) is 9.55. The number of likely N-dealkylation sites (tertiary alicyclic amines) is 2. The minimum absolute atomic E-state index is 0.0300. The molecule has 2 fully saturated rings. The van der Waals surface area contributed by atoms with Gasteiger partial charge in [-0.1, -0.05) is 11.6 Å². The molecule has 190 valence electrons. The van der Waals surface area contributed by atoms with Crippen LogP contribution in [0.15, 0.2) is 36.7 Å². The fraction of sp³-hybridized carbons (Fsp3) is 0.423. The lowest BCUT2D eigenvalue weighted by Gasteiger charge is -2.33. The number of benzene rings is 2. The van der Waals surface area contributed by atoms with Crippen LogP contribution in [0.1, 0.15) is 25.7 Å². The molecule has 36 heavy (non-hydrogen) atoms. The zero-order chi connectivity index (χ0) is 25.1. The zero-order valence-corrected chi connectivity index (χ0v) is 20.9. The van der Waals surface area contributed by atoms with Crippen molar-refractivity contribution in [1.82, 2.24) is 19.8 Å². The second kappa shape index (κ2) is 10.8. The Hall–Kier alpha value is -3.17. The predicted octanol–water partition coefficient (Wildman–Crippen LogP) is 4.64. The molecule has 5 rings (SSSR count). The number of hydrogen-bond donors (Lipinski definition) is 1. The Morgan fingerprint density at radius 3 is 2.67 bits per heavy atom. The summed E-state index contributed by atoms with van der Waals surface area (Å²) in [5, 5.41) is 3.98. The van der Waals surface area contributed by atoms with E-state index >= 15 is 0 Å². The number of carbonyl (C=O) groups excluding carboxylic acids is 1. The molecule has 0 unspecified atom stereocenters. The molecule has 0 saturated carbocycles. The first-order chi connectivity index (χ1) is 17.5. The number of halogens is 2. The Morgan fingerprint density at radius 1 is 1.11 bits per heavy atom. The average Bonchev–Trinajstić information content (AvgIpc) is 3.30. The molecule has 0 radical (unpaired) electrons. The van der Waals surface area contributed by atoms with Crippen molar-refractivity contribution in [2.75, 3.05) is 45.2 Å². The van der Waals surface area contributed by atoms with Gasteiger partial charge >= 0.3 is 0 Å². The van der Waals surface area contributed by atoms with E-state index in [-0.39, 0.29) is 17.0 Å². The third-order valence-corrected chi connectivity index (χ3v) is 7.08. The maximum Gasteiger partial charge on any atom is 0.222 e. The first-order valence-electron chi connectivity index (χ1n) is 12.2. The zero-order valence-electron chi connectivity index (χ0n) is 20.2. The van der Waals surface area contributed by atoms with Crippen LogP contribution in [-0.2, 0) is 4.79 Å². The van der Waals surface area contributed by atoms with Crippen LogP contribution in [0.5, 0.6) is 11.5 Å². The Balaban J connectivity index is 1.27. The molecule has 0 spiro atoms. The van der Waals surface area contributed by atoms with E-state index in [0.717, 1.165) is 57.4 Å². The second-order valence-electron chi connectivity index (χ2n) is 9.14.